The van der Waals surface area contributed by atoms with E-state index < -0.39 is 0 Å². The second-order valence-electron chi connectivity index (χ2n) is 5.43. The standard InChI is InChI=1S/C15H15FN4O/c1-20-13(11(7-18-20)9-2-3-9)8-17-15-19-12-5-4-10(16)6-14(12)21-15/h4-7,9H,2-3,8H2,1H3,(H,17,19). The van der Waals surface area contributed by atoms with Crippen LogP contribution in [0.4, 0.5) is 10.4 Å². The number of rotatable bonds is 4. The van der Waals surface area contributed by atoms with Gasteiger partial charge in [-0.1, -0.05) is 0 Å². The highest BCUT2D eigenvalue weighted by Crippen LogP contribution is 2.41. The Hall–Kier alpha value is -2.37. The largest absolute Gasteiger partial charge is 0.423 e. The lowest BCUT2D eigenvalue weighted by molar-refractivity contribution is 0.597. The van der Waals surface area contributed by atoms with Crippen molar-refractivity contribution < 1.29 is 8.81 Å². The molecule has 1 aromatic carbocycles. The van der Waals surface area contributed by atoms with E-state index >= 15 is 0 Å². The summed E-state index contributed by atoms with van der Waals surface area (Å²) in [4.78, 5) is 4.30. The van der Waals surface area contributed by atoms with Gasteiger partial charge in [-0.3, -0.25) is 4.68 Å². The summed E-state index contributed by atoms with van der Waals surface area (Å²) in [5.41, 5.74) is 3.54. The van der Waals surface area contributed by atoms with E-state index in [-0.39, 0.29) is 5.82 Å². The van der Waals surface area contributed by atoms with E-state index in [0.717, 1.165) is 5.69 Å². The Morgan fingerprint density at radius 3 is 3.10 bits per heavy atom. The molecule has 1 aliphatic rings. The Morgan fingerprint density at radius 2 is 2.29 bits per heavy atom. The molecule has 4 rings (SSSR count). The lowest BCUT2D eigenvalue weighted by atomic mass is 10.1. The Balaban J connectivity index is 1.56. The Kier molecular flexibility index (Phi) is 2.70. The molecule has 1 aliphatic carbocycles. The number of nitrogens with zero attached hydrogens (tertiary/aromatic N) is 3. The third kappa shape index (κ3) is 2.26. The Labute approximate surface area is 120 Å². The zero-order chi connectivity index (χ0) is 14.4. The van der Waals surface area contributed by atoms with Crippen LogP contribution in [0.3, 0.4) is 0 Å². The number of anilines is 1. The number of halogens is 1. The van der Waals surface area contributed by atoms with Crippen molar-refractivity contribution in [1.29, 1.82) is 0 Å². The predicted octanol–water partition coefficient (Wildman–Crippen LogP) is 3.19. The molecular formula is C15H15FN4O. The summed E-state index contributed by atoms with van der Waals surface area (Å²) in [6.07, 6.45) is 4.41. The summed E-state index contributed by atoms with van der Waals surface area (Å²) in [7, 11) is 1.93. The Bertz CT molecular complexity index is 803. The molecular weight excluding hydrogens is 271 g/mol. The summed E-state index contributed by atoms with van der Waals surface area (Å²) in [5.74, 6) is 0.320. The maximum absolute atomic E-state index is 13.1. The fourth-order valence-electron chi connectivity index (χ4n) is 2.57. The molecule has 0 unspecified atom stereocenters. The molecule has 6 heteroatoms. The first-order valence-electron chi connectivity index (χ1n) is 7.01. The van der Waals surface area contributed by atoms with Gasteiger partial charge >= 0.3 is 0 Å². The van der Waals surface area contributed by atoms with Crippen molar-refractivity contribution in [3.05, 3.63) is 41.5 Å². The van der Waals surface area contributed by atoms with E-state index in [2.05, 4.69) is 15.4 Å². The minimum Gasteiger partial charge on any atom is -0.423 e. The molecule has 3 aromatic rings. The van der Waals surface area contributed by atoms with E-state index in [0.29, 0.717) is 29.6 Å². The van der Waals surface area contributed by atoms with Crippen molar-refractivity contribution in [3.8, 4) is 0 Å². The van der Waals surface area contributed by atoms with Crippen molar-refractivity contribution in [2.45, 2.75) is 25.3 Å². The predicted molar refractivity (Wildman–Crippen MR) is 76.5 cm³/mol. The van der Waals surface area contributed by atoms with Crippen molar-refractivity contribution in [2.75, 3.05) is 5.32 Å². The van der Waals surface area contributed by atoms with Crippen molar-refractivity contribution >= 4 is 17.1 Å². The van der Waals surface area contributed by atoms with Gasteiger partial charge in [-0.25, -0.2) is 4.39 Å². The molecule has 21 heavy (non-hydrogen) atoms. The van der Waals surface area contributed by atoms with Crippen LogP contribution in [0.2, 0.25) is 0 Å². The molecule has 1 fully saturated rings. The van der Waals surface area contributed by atoms with Crippen molar-refractivity contribution in [1.82, 2.24) is 14.8 Å². The topological polar surface area (TPSA) is 55.9 Å². The third-order valence-corrected chi connectivity index (χ3v) is 3.87. The quantitative estimate of drug-likeness (QED) is 0.800. The molecule has 0 radical (unpaired) electrons. The summed E-state index contributed by atoms with van der Waals surface area (Å²) >= 11 is 0. The van der Waals surface area contributed by atoms with E-state index in [4.69, 9.17) is 4.42 Å². The van der Waals surface area contributed by atoms with E-state index in [1.54, 1.807) is 6.07 Å². The van der Waals surface area contributed by atoms with Crippen LogP contribution in [0.25, 0.3) is 11.1 Å². The normalized spacial score (nSPS) is 14.8. The third-order valence-electron chi connectivity index (χ3n) is 3.87. The van der Waals surface area contributed by atoms with Gasteiger partial charge in [-0.05, 0) is 36.5 Å². The molecule has 0 atom stereocenters. The first kappa shape index (κ1) is 12.4. The summed E-state index contributed by atoms with van der Waals surface area (Å²) in [6, 6.07) is 4.73. The number of nitrogens with one attached hydrogen (secondary N) is 1. The lowest BCUT2D eigenvalue weighted by Crippen LogP contribution is -2.07. The number of aryl methyl sites for hydroxylation is 1. The molecule has 108 valence electrons. The van der Waals surface area contributed by atoms with Crippen LogP contribution in [0.5, 0.6) is 0 Å². The molecule has 0 amide bonds. The first-order chi connectivity index (χ1) is 10.2. The highest BCUT2D eigenvalue weighted by Gasteiger charge is 2.28. The van der Waals surface area contributed by atoms with Crippen LogP contribution in [0.15, 0.2) is 28.8 Å². The maximum atomic E-state index is 13.1. The van der Waals surface area contributed by atoms with Crippen molar-refractivity contribution in [2.24, 2.45) is 7.05 Å². The van der Waals surface area contributed by atoms with Crippen LogP contribution < -0.4 is 5.32 Å². The van der Waals surface area contributed by atoms with Gasteiger partial charge in [-0.2, -0.15) is 10.1 Å². The average Bonchev–Trinajstić information content (AvgIpc) is 3.12. The SMILES string of the molecule is Cn1ncc(C2CC2)c1CNc1nc2ccc(F)cc2o1. The van der Waals surface area contributed by atoms with Gasteiger partial charge in [0.15, 0.2) is 5.58 Å². The zero-order valence-electron chi connectivity index (χ0n) is 11.6. The van der Waals surface area contributed by atoms with Gasteiger partial charge in [-0.15, -0.1) is 0 Å². The highest BCUT2D eigenvalue weighted by molar-refractivity contribution is 5.74. The van der Waals surface area contributed by atoms with Gasteiger partial charge in [0.25, 0.3) is 6.01 Å². The molecule has 0 bridgehead atoms. The van der Waals surface area contributed by atoms with Crippen LogP contribution in [-0.2, 0) is 13.6 Å². The fourth-order valence-corrected chi connectivity index (χ4v) is 2.57. The first-order valence-corrected chi connectivity index (χ1v) is 7.01. The second kappa shape index (κ2) is 4.58. The number of oxazole rings is 1. The van der Waals surface area contributed by atoms with Crippen LogP contribution in [-0.4, -0.2) is 14.8 Å². The van der Waals surface area contributed by atoms with E-state index in [1.807, 2.05) is 17.9 Å². The minimum atomic E-state index is -0.326. The molecule has 1 saturated carbocycles. The fraction of sp³-hybridized carbons (Fsp3) is 0.333. The number of hydrogen-bond acceptors (Lipinski definition) is 4. The number of aromatic nitrogens is 3. The molecule has 0 aliphatic heterocycles. The Morgan fingerprint density at radius 1 is 1.43 bits per heavy atom. The minimum absolute atomic E-state index is 0.326. The number of benzene rings is 1. The highest BCUT2D eigenvalue weighted by atomic mass is 19.1. The molecule has 5 nitrogen and oxygen atoms in total. The molecule has 2 heterocycles. The van der Waals surface area contributed by atoms with Gasteiger partial charge < -0.3 is 9.73 Å². The van der Waals surface area contributed by atoms with Crippen LogP contribution in [0, 0.1) is 5.82 Å². The average molecular weight is 286 g/mol. The monoisotopic (exact) mass is 286 g/mol. The van der Waals surface area contributed by atoms with E-state index in [9.17, 15) is 4.39 Å². The zero-order valence-corrected chi connectivity index (χ0v) is 11.6. The van der Waals surface area contributed by atoms with Gasteiger partial charge in [0.1, 0.15) is 11.3 Å². The van der Waals surface area contributed by atoms with Crippen molar-refractivity contribution in [3.63, 3.8) is 0 Å². The molecule has 1 N–H and O–H groups in total. The number of fused-ring (bicyclic) bond motifs is 1. The van der Waals surface area contributed by atoms with Gasteiger partial charge in [0.05, 0.1) is 18.4 Å². The molecule has 0 saturated heterocycles. The second-order valence-corrected chi connectivity index (χ2v) is 5.43. The molecule has 0 spiro atoms. The number of hydrogen-bond donors (Lipinski definition) is 1. The van der Waals surface area contributed by atoms with Crippen LogP contribution in [0.1, 0.15) is 30.0 Å². The smallest absolute Gasteiger partial charge is 0.296 e. The summed E-state index contributed by atoms with van der Waals surface area (Å²) in [5, 5.41) is 7.48. The van der Waals surface area contributed by atoms with Crippen LogP contribution >= 0.6 is 0 Å². The summed E-state index contributed by atoms with van der Waals surface area (Å²) in [6.45, 7) is 0.595. The maximum Gasteiger partial charge on any atom is 0.296 e. The van der Waals surface area contributed by atoms with Gasteiger partial charge in [0, 0.05) is 13.1 Å². The lowest BCUT2D eigenvalue weighted by Gasteiger charge is -2.05. The molecule has 2 aromatic heterocycles. The summed E-state index contributed by atoms with van der Waals surface area (Å²) < 4.78 is 20.5. The van der Waals surface area contributed by atoms with E-state index in [1.165, 1.54) is 30.5 Å². The van der Waals surface area contributed by atoms with Gasteiger partial charge in [0.2, 0.25) is 0 Å².